The highest BCUT2D eigenvalue weighted by Gasteiger charge is 2.52. The topological polar surface area (TPSA) is 42.8 Å². The van der Waals surface area contributed by atoms with Gasteiger partial charge < -0.3 is 23.7 Å². The smallest absolute Gasteiger partial charge is 0.398 e. The lowest BCUT2D eigenvalue weighted by molar-refractivity contribution is 0.00578. The maximum absolute atomic E-state index is 6.10. The molecule has 0 amide bonds. The molecule has 0 aromatic carbocycles. The third-order valence-corrected chi connectivity index (χ3v) is 5.15. The predicted octanol–water partition coefficient (Wildman–Crippen LogP) is 0.471. The molecule has 2 saturated heterocycles. The molecule has 3 rings (SSSR count). The van der Waals surface area contributed by atoms with Gasteiger partial charge in [0.1, 0.15) is 0 Å². The molecule has 1 aromatic heterocycles. The van der Waals surface area contributed by atoms with Gasteiger partial charge in [-0.05, 0) is 34.7 Å². The average molecular weight is 306 g/mol. The van der Waals surface area contributed by atoms with Gasteiger partial charge in [0, 0.05) is 39.4 Å². The van der Waals surface area contributed by atoms with Crippen LogP contribution in [-0.2, 0) is 16.4 Å². The Kier molecular flexibility index (Phi) is 3.78. The van der Waals surface area contributed by atoms with Gasteiger partial charge in [0.05, 0.1) is 16.8 Å². The van der Waals surface area contributed by atoms with Crippen molar-refractivity contribution in [1.82, 2.24) is 14.5 Å². The molecule has 0 atom stereocenters. The van der Waals surface area contributed by atoms with Crippen LogP contribution >= 0.6 is 0 Å². The number of imidazole rings is 1. The monoisotopic (exact) mass is 306 g/mol. The van der Waals surface area contributed by atoms with E-state index >= 15 is 0 Å². The Morgan fingerprint density at radius 1 is 1.00 bits per heavy atom. The molecule has 2 aliphatic rings. The molecule has 2 fully saturated rings. The predicted molar refractivity (Wildman–Crippen MR) is 88.6 cm³/mol. The molecule has 0 aliphatic carbocycles. The van der Waals surface area contributed by atoms with Crippen LogP contribution in [0, 0.1) is 0 Å². The van der Waals surface area contributed by atoms with Crippen molar-refractivity contribution in [2.45, 2.75) is 38.9 Å². The van der Waals surface area contributed by atoms with Crippen molar-refractivity contribution in [3.63, 3.8) is 0 Å². The number of likely N-dealkylation sites (N-methyl/N-ethyl adjacent to an activating group) is 1. The van der Waals surface area contributed by atoms with E-state index in [9.17, 15) is 0 Å². The molecule has 7 heteroatoms. The highest BCUT2D eigenvalue weighted by Crippen LogP contribution is 2.36. The zero-order chi connectivity index (χ0) is 16.1. The first-order valence-corrected chi connectivity index (χ1v) is 8.02. The summed E-state index contributed by atoms with van der Waals surface area (Å²) < 4.78 is 14.3. The summed E-state index contributed by atoms with van der Waals surface area (Å²) in [5.41, 5.74) is 0.196. The minimum atomic E-state index is -0.391. The Labute approximate surface area is 133 Å². The van der Waals surface area contributed by atoms with Crippen LogP contribution in [0.5, 0.6) is 0 Å². The molecule has 0 bridgehead atoms. The first-order valence-electron chi connectivity index (χ1n) is 8.02. The van der Waals surface area contributed by atoms with Gasteiger partial charge in [-0.15, -0.1) is 0 Å². The molecule has 2 aliphatic heterocycles. The van der Waals surface area contributed by atoms with Gasteiger partial charge in [-0.2, -0.15) is 0 Å². The van der Waals surface area contributed by atoms with E-state index in [1.54, 1.807) is 0 Å². The van der Waals surface area contributed by atoms with Gasteiger partial charge in [-0.25, -0.2) is 4.98 Å². The number of hydrogen-bond donors (Lipinski definition) is 0. The van der Waals surface area contributed by atoms with Crippen LogP contribution in [0.2, 0.25) is 0 Å². The van der Waals surface area contributed by atoms with E-state index in [-0.39, 0.29) is 11.2 Å². The van der Waals surface area contributed by atoms with Crippen LogP contribution in [0.3, 0.4) is 0 Å². The standard InChI is InChI=1S/C15H27BN4O2/c1-14(2)15(3,4)22-16(21-14)12-11-19(6)13(17-12)20-9-7-18(5)8-10-20/h11H,7-10H2,1-6H3. The van der Waals surface area contributed by atoms with Crippen LogP contribution in [0.25, 0.3) is 0 Å². The zero-order valence-electron chi connectivity index (χ0n) is 14.6. The van der Waals surface area contributed by atoms with Crippen molar-refractivity contribution in [2.75, 3.05) is 38.1 Å². The zero-order valence-corrected chi connectivity index (χ0v) is 14.6. The maximum atomic E-state index is 6.10. The molecule has 0 saturated carbocycles. The number of anilines is 1. The SMILES string of the molecule is CN1CCN(c2nc(B3OC(C)(C)C(C)(C)O3)cn2C)CC1. The molecule has 1 aromatic rings. The van der Waals surface area contributed by atoms with Crippen molar-refractivity contribution in [2.24, 2.45) is 7.05 Å². The quantitative estimate of drug-likeness (QED) is 0.743. The van der Waals surface area contributed by atoms with Crippen molar-refractivity contribution in [3.05, 3.63) is 6.20 Å². The Morgan fingerprint density at radius 3 is 2.09 bits per heavy atom. The fourth-order valence-electron chi connectivity index (χ4n) is 2.86. The second-order valence-electron chi connectivity index (χ2n) is 7.46. The Bertz CT molecular complexity index is 534. The molecule has 3 heterocycles. The molecule has 0 unspecified atom stereocenters. The summed E-state index contributed by atoms with van der Waals surface area (Å²) in [6, 6.07) is 0. The van der Waals surface area contributed by atoms with Gasteiger partial charge in [0.2, 0.25) is 5.95 Å². The van der Waals surface area contributed by atoms with Crippen LogP contribution in [0.1, 0.15) is 27.7 Å². The summed E-state index contributed by atoms with van der Waals surface area (Å²) in [7, 11) is 3.80. The normalized spacial score (nSPS) is 25.0. The van der Waals surface area contributed by atoms with Gasteiger partial charge >= 0.3 is 7.12 Å². The lowest BCUT2D eigenvalue weighted by Gasteiger charge is -2.32. The van der Waals surface area contributed by atoms with Crippen molar-refractivity contribution in [3.8, 4) is 0 Å². The fourth-order valence-corrected chi connectivity index (χ4v) is 2.86. The molecular weight excluding hydrogens is 279 g/mol. The van der Waals surface area contributed by atoms with E-state index < -0.39 is 7.12 Å². The molecule has 122 valence electrons. The van der Waals surface area contributed by atoms with E-state index in [1.807, 2.05) is 13.2 Å². The van der Waals surface area contributed by atoms with Crippen LogP contribution < -0.4 is 10.5 Å². The molecule has 0 spiro atoms. The number of aromatic nitrogens is 2. The molecule has 6 nitrogen and oxygen atoms in total. The number of rotatable bonds is 2. The fraction of sp³-hybridized carbons (Fsp3) is 0.800. The maximum Gasteiger partial charge on any atom is 0.516 e. The molecule has 22 heavy (non-hydrogen) atoms. The van der Waals surface area contributed by atoms with E-state index in [0.717, 1.165) is 37.7 Å². The summed E-state index contributed by atoms with van der Waals surface area (Å²) in [6.07, 6.45) is 2.02. The second-order valence-corrected chi connectivity index (χ2v) is 7.46. The van der Waals surface area contributed by atoms with Gasteiger partial charge in [-0.1, -0.05) is 0 Å². The summed E-state index contributed by atoms with van der Waals surface area (Å²) >= 11 is 0. The number of aryl methyl sites for hydroxylation is 1. The van der Waals surface area contributed by atoms with Crippen LogP contribution in [0.4, 0.5) is 5.95 Å². The highest BCUT2D eigenvalue weighted by molar-refractivity contribution is 6.61. The lowest BCUT2D eigenvalue weighted by Crippen LogP contribution is -2.45. The van der Waals surface area contributed by atoms with E-state index in [1.165, 1.54) is 0 Å². The molecule has 0 radical (unpaired) electrons. The van der Waals surface area contributed by atoms with Crippen molar-refractivity contribution >= 4 is 18.7 Å². The summed E-state index contributed by atoms with van der Waals surface area (Å²) in [6.45, 7) is 12.4. The van der Waals surface area contributed by atoms with Crippen LogP contribution in [0.15, 0.2) is 6.20 Å². The highest BCUT2D eigenvalue weighted by atomic mass is 16.7. The Hall–Kier alpha value is -1.05. The second kappa shape index (κ2) is 5.25. The number of hydrogen-bond acceptors (Lipinski definition) is 5. The average Bonchev–Trinajstić information content (AvgIpc) is 2.89. The number of piperazine rings is 1. The first-order chi connectivity index (χ1) is 10.2. The van der Waals surface area contributed by atoms with Crippen LogP contribution in [-0.4, -0.2) is 66.0 Å². The summed E-state index contributed by atoms with van der Waals surface area (Å²) in [5, 5.41) is 0. The minimum absolute atomic E-state index is 0.330. The molecular formula is C15H27BN4O2. The van der Waals surface area contributed by atoms with Gasteiger partial charge in [-0.3, -0.25) is 0 Å². The Morgan fingerprint density at radius 2 is 1.55 bits per heavy atom. The summed E-state index contributed by atoms with van der Waals surface area (Å²) in [4.78, 5) is 9.46. The van der Waals surface area contributed by atoms with Gasteiger partial charge in [0.25, 0.3) is 0 Å². The Balaban J connectivity index is 1.79. The summed E-state index contributed by atoms with van der Waals surface area (Å²) in [5.74, 6) is 0.998. The van der Waals surface area contributed by atoms with E-state index in [4.69, 9.17) is 14.3 Å². The van der Waals surface area contributed by atoms with E-state index in [2.05, 4.69) is 49.1 Å². The lowest BCUT2D eigenvalue weighted by atomic mass is 9.86. The third kappa shape index (κ3) is 2.66. The third-order valence-electron chi connectivity index (χ3n) is 5.15. The number of nitrogens with zero attached hydrogens (tertiary/aromatic N) is 4. The van der Waals surface area contributed by atoms with E-state index in [0.29, 0.717) is 0 Å². The minimum Gasteiger partial charge on any atom is -0.398 e. The molecule has 0 N–H and O–H groups in total. The van der Waals surface area contributed by atoms with Crippen molar-refractivity contribution in [1.29, 1.82) is 0 Å². The van der Waals surface area contributed by atoms with Crippen molar-refractivity contribution < 1.29 is 9.31 Å². The largest absolute Gasteiger partial charge is 0.516 e. The van der Waals surface area contributed by atoms with Gasteiger partial charge in [0.15, 0.2) is 0 Å². The first kappa shape index (κ1) is 15.8.